The van der Waals surface area contributed by atoms with Gasteiger partial charge in [0.05, 0.1) is 6.04 Å². The van der Waals surface area contributed by atoms with E-state index in [4.69, 9.17) is 0 Å². The third kappa shape index (κ3) is 1.79. The van der Waals surface area contributed by atoms with Crippen molar-refractivity contribution in [1.82, 2.24) is 5.32 Å². The lowest BCUT2D eigenvalue weighted by atomic mass is 10.0. The molecule has 1 heterocycles. The van der Waals surface area contributed by atoms with Crippen LogP contribution >= 0.6 is 0 Å². The summed E-state index contributed by atoms with van der Waals surface area (Å²) in [5, 5.41) is 3.17. The molecule has 1 atom stereocenters. The predicted octanol–water partition coefficient (Wildman–Crippen LogP) is 0.718. The Kier molecular flexibility index (Phi) is 2.22. The minimum absolute atomic E-state index is 0.166. The Morgan fingerprint density at radius 3 is 2.67 bits per heavy atom. The molecule has 1 N–H and O–H groups in total. The van der Waals surface area contributed by atoms with Crippen LogP contribution in [-0.4, -0.2) is 18.4 Å². The summed E-state index contributed by atoms with van der Waals surface area (Å²) in [4.78, 5) is 10.7. The van der Waals surface area contributed by atoms with Gasteiger partial charge in [-0.3, -0.25) is 4.79 Å². The largest absolute Gasteiger partial charge is 0.307 e. The van der Waals surface area contributed by atoms with Crippen molar-refractivity contribution in [3.63, 3.8) is 0 Å². The van der Waals surface area contributed by atoms with Gasteiger partial charge in [-0.15, -0.1) is 0 Å². The van der Waals surface area contributed by atoms with Crippen LogP contribution in [0.2, 0.25) is 0 Å². The molecule has 0 aromatic rings. The van der Waals surface area contributed by atoms with E-state index in [1.165, 1.54) is 12.8 Å². The fourth-order valence-electron chi connectivity index (χ4n) is 1.20. The maximum absolute atomic E-state index is 10.7. The summed E-state index contributed by atoms with van der Waals surface area (Å²) in [5.74, 6) is 0.287. The first-order chi connectivity index (χ1) is 4.30. The number of hydrogen-bond acceptors (Lipinski definition) is 2. The molecular formula is C7H13NO. The maximum Gasteiger partial charge on any atom is 0.146 e. The molecule has 2 heteroatoms. The van der Waals surface area contributed by atoms with Gasteiger partial charge in [-0.2, -0.15) is 0 Å². The Labute approximate surface area is 55.6 Å². The highest BCUT2D eigenvalue weighted by atomic mass is 16.1. The molecule has 1 fully saturated rings. The standard InChI is InChI=1S/C7H13NO/c1-6(9)7-4-2-3-5-8-7/h7-8H,2-5H2,1H3/t7-/m1/s1. The fourth-order valence-corrected chi connectivity index (χ4v) is 1.20. The molecule has 9 heavy (non-hydrogen) atoms. The average molecular weight is 127 g/mol. The molecule has 1 aliphatic rings. The molecule has 0 spiro atoms. The van der Waals surface area contributed by atoms with Crippen molar-refractivity contribution < 1.29 is 4.79 Å². The molecule has 0 saturated carbocycles. The normalized spacial score (nSPS) is 27.9. The molecule has 0 radical (unpaired) electrons. The summed E-state index contributed by atoms with van der Waals surface area (Å²) in [6.45, 7) is 2.67. The summed E-state index contributed by atoms with van der Waals surface area (Å²) < 4.78 is 0. The summed E-state index contributed by atoms with van der Waals surface area (Å²) in [6, 6.07) is 0.166. The summed E-state index contributed by atoms with van der Waals surface area (Å²) in [6.07, 6.45) is 3.47. The average Bonchev–Trinajstić information content (AvgIpc) is 1.90. The molecule has 52 valence electrons. The van der Waals surface area contributed by atoms with Crippen molar-refractivity contribution in [3.05, 3.63) is 0 Å². The zero-order valence-electron chi connectivity index (χ0n) is 5.81. The lowest BCUT2D eigenvalue weighted by Crippen LogP contribution is -2.38. The molecule has 0 unspecified atom stereocenters. The van der Waals surface area contributed by atoms with Gasteiger partial charge < -0.3 is 5.32 Å². The molecule has 2 nitrogen and oxygen atoms in total. The summed E-state index contributed by atoms with van der Waals surface area (Å²) in [7, 11) is 0. The van der Waals surface area contributed by atoms with Gasteiger partial charge in [0, 0.05) is 0 Å². The predicted molar refractivity (Wildman–Crippen MR) is 36.3 cm³/mol. The molecule has 0 aliphatic carbocycles. The molecular weight excluding hydrogens is 114 g/mol. The Hall–Kier alpha value is -0.370. The van der Waals surface area contributed by atoms with Crippen molar-refractivity contribution in [2.24, 2.45) is 0 Å². The van der Waals surface area contributed by atoms with Crippen LogP contribution in [-0.2, 0) is 4.79 Å². The van der Waals surface area contributed by atoms with Crippen LogP contribution in [0.15, 0.2) is 0 Å². The van der Waals surface area contributed by atoms with Gasteiger partial charge in [-0.1, -0.05) is 6.42 Å². The number of rotatable bonds is 1. The lowest BCUT2D eigenvalue weighted by Gasteiger charge is -2.20. The minimum Gasteiger partial charge on any atom is -0.307 e. The van der Waals surface area contributed by atoms with Crippen LogP contribution in [0, 0.1) is 0 Å². The fraction of sp³-hybridized carbons (Fsp3) is 0.857. The zero-order valence-corrected chi connectivity index (χ0v) is 5.81. The van der Waals surface area contributed by atoms with E-state index < -0.39 is 0 Å². The van der Waals surface area contributed by atoms with E-state index in [0.717, 1.165) is 13.0 Å². The Morgan fingerprint density at radius 2 is 2.33 bits per heavy atom. The van der Waals surface area contributed by atoms with Crippen LogP contribution < -0.4 is 5.32 Å². The van der Waals surface area contributed by atoms with Crippen LogP contribution in [0.4, 0.5) is 0 Å². The zero-order chi connectivity index (χ0) is 6.69. The minimum atomic E-state index is 0.166. The number of Topliss-reactive ketones (excluding diaryl/α,β-unsaturated/α-hetero) is 1. The summed E-state index contributed by atoms with van der Waals surface area (Å²) >= 11 is 0. The third-order valence-electron chi connectivity index (χ3n) is 1.80. The Bertz CT molecular complexity index is 105. The number of nitrogens with one attached hydrogen (secondary N) is 1. The van der Waals surface area contributed by atoms with Gasteiger partial charge in [0.15, 0.2) is 0 Å². The third-order valence-corrected chi connectivity index (χ3v) is 1.80. The van der Waals surface area contributed by atoms with Crippen molar-refractivity contribution in [2.75, 3.05) is 6.54 Å². The number of ketones is 1. The van der Waals surface area contributed by atoms with Crippen LogP contribution in [0.1, 0.15) is 26.2 Å². The second-order valence-corrected chi connectivity index (χ2v) is 2.61. The van der Waals surface area contributed by atoms with E-state index in [9.17, 15) is 4.79 Å². The van der Waals surface area contributed by atoms with Gasteiger partial charge >= 0.3 is 0 Å². The second-order valence-electron chi connectivity index (χ2n) is 2.61. The van der Waals surface area contributed by atoms with E-state index in [1.54, 1.807) is 6.92 Å². The van der Waals surface area contributed by atoms with Gasteiger partial charge in [0.25, 0.3) is 0 Å². The molecule has 0 bridgehead atoms. The van der Waals surface area contributed by atoms with Crippen molar-refractivity contribution in [1.29, 1.82) is 0 Å². The lowest BCUT2D eigenvalue weighted by molar-refractivity contribution is -0.119. The van der Waals surface area contributed by atoms with Crippen LogP contribution in [0.25, 0.3) is 0 Å². The smallest absolute Gasteiger partial charge is 0.146 e. The van der Waals surface area contributed by atoms with E-state index >= 15 is 0 Å². The molecule has 1 aliphatic heterocycles. The quantitative estimate of drug-likeness (QED) is 0.562. The van der Waals surface area contributed by atoms with E-state index in [1.807, 2.05) is 0 Å². The van der Waals surface area contributed by atoms with Gasteiger partial charge in [0.2, 0.25) is 0 Å². The maximum atomic E-state index is 10.7. The highest BCUT2D eigenvalue weighted by Gasteiger charge is 2.15. The van der Waals surface area contributed by atoms with Gasteiger partial charge in [0.1, 0.15) is 5.78 Å². The molecule has 1 rings (SSSR count). The van der Waals surface area contributed by atoms with Gasteiger partial charge in [-0.25, -0.2) is 0 Å². The molecule has 0 aromatic carbocycles. The first-order valence-corrected chi connectivity index (χ1v) is 3.54. The molecule has 0 aromatic heterocycles. The SMILES string of the molecule is CC(=O)[C@H]1CCCCN1. The molecule has 1 saturated heterocycles. The van der Waals surface area contributed by atoms with E-state index in [2.05, 4.69) is 5.32 Å². The first kappa shape index (κ1) is 6.75. The van der Waals surface area contributed by atoms with Crippen molar-refractivity contribution in [2.45, 2.75) is 32.2 Å². The van der Waals surface area contributed by atoms with E-state index in [0.29, 0.717) is 0 Å². The van der Waals surface area contributed by atoms with Gasteiger partial charge in [-0.05, 0) is 26.3 Å². The van der Waals surface area contributed by atoms with Crippen LogP contribution in [0.5, 0.6) is 0 Å². The number of carbonyl (C=O) groups excluding carboxylic acids is 1. The Morgan fingerprint density at radius 1 is 1.56 bits per heavy atom. The topological polar surface area (TPSA) is 29.1 Å². The first-order valence-electron chi connectivity index (χ1n) is 3.54. The highest BCUT2D eigenvalue weighted by Crippen LogP contribution is 2.06. The highest BCUT2D eigenvalue weighted by molar-refractivity contribution is 5.81. The second kappa shape index (κ2) is 2.97. The Balaban J connectivity index is 2.31. The summed E-state index contributed by atoms with van der Waals surface area (Å²) in [5.41, 5.74) is 0. The van der Waals surface area contributed by atoms with Crippen LogP contribution in [0.3, 0.4) is 0 Å². The molecule has 0 amide bonds. The number of carbonyl (C=O) groups is 1. The monoisotopic (exact) mass is 127 g/mol. The number of hydrogen-bond donors (Lipinski definition) is 1. The van der Waals surface area contributed by atoms with Crippen molar-refractivity contribution in [3.8, 4) is 0 Å². The van der Waals surface area contributed by atoms with Crippen molar-refractivity contribution >= 4 is 5.78 Å². The number of piperidine rings is 1. The van der Waals surface area contributed by atoms with E-state index in [-0.39, 0.29) is 11.8 Å².